The molecule has 2 aromatic rings. The number of terminal acetylenes is 1. The van der Waals surface area contributed by atoms with Crippen LogP contribution in [-0.4, -0.2) is 27.7 Å². The Bertz CT molecular complexity index is 949. The molecule has 0 radical (unpaired) electrons. The van der Waals surface area contributed by atoms with Crippen LogP contribution in [0.2, 0.25) is 0 Å². The average molecular weight is 351 g/mol. The van der Waals surface area contributed by atoms with Crippen LogP contribution in [0.4, 0.5) is 0 Å². The normalized spacial score (nSPS) is 14.2. The number of carbonyl (C=O) groups excluding carboxylic acids is 1. The predicted octanol–water partition coefficient (Wildman–Crippen LogP) is 2.18. The molecule has 0 atom stereocenters. The minimum atomic E-state index is -0.392. The van der Waals surface area contributed by atoms with Gasteiger partial charge >= 0.3 is 0 Å². The van der Waals surface area contributed by atoms with Crippen molar-refractivity contribution in [2.24, 2.45) is 10.2 Å². The van der Waals surface area contributed by atoms with Gasteiger partial charge < -0.3 is 5.32 Å². The van der Waals surface area contributed by atoms with Gasteiger partial charge in [-0.3, -0.25) is 14.2 Å². The molecule has 2 heterocycles. The fourth-order valence-electron chi connectivity index (χ4n) is 2.88. The summed E-state index contributed by atoms with van der Waals surface area (Å²) in [6, 6.07) is 5.51. The molecule has 1 aromatic heterocycles. The van der Waals surface area contributed by atoms with Crippen LogP contribution in [0.3, 0.4) is 0 Å². The smallest absolute Gasteiger partial charge is 0.261 e. The average Bonchev–Trinajstić information content (AvgIpc) is 3.40. The summed E-state index contributed by atoms with van der Waals surface area (Å²) >= 11 is 0. The van der Waals surface area contributed by atoms with Crippen molar-refractivity contribution in [2.75, 3.05) is 6.54 Å². The van der Waals surface area contributed by atoms with Crippen molar-refractivity contribution in [1.82, 2.24) is 14.9 Å². The third-order valence-corrected chi connectivity index (χ3v) is 4.54. The van der Waals surface area contributed by atoms with Crippen LogP contribution in [0.1, 0.15) is 31.2 Å². The largest absolute Gasteiger partial charge is 0.356 e. The van der Waals surface area contributed by atoms with Crippen molar-refractivity contribution in [3.05, 3.63) is 40.4 Å². The summed E-state index contributed by atoms with van der Waals surface area (Å²) in [5, 5.41) is 11.5. The number of nitrogens with zero attached hydrogens (tertiary/aromatic N) is 4. The Balaban J connectivity index is 1.51. The minimum Gasteiger partial charge on any atom is -0.356 e. The number of rotatable bonds is 8. The minimum absolute atomic E-state index is 0.117. The Kier molecular flexibility index (Phi) is 5.12. The number of aryl methyl sites for hydroxylation is 2. The van der Waals surface area contributed by atoms with E-state index in [1.54, 1.807) is 6.07 Å². The molecular weight excluding hydrogens is 330 g/mol. The molecule has 1 aliphatic heterocycles. The van der Waals surface area contributed by atoms with Gasteiger partial charge in [-0.1, -0.05) is 12.1 Å². The van der Waals surface area contributed by atoms with E-state index in [1.165, 1.54) is 10.9 Å². The van der Waals surface area contributed by atoms with Gasteiger partial charge in [0.2, 0.25) is 5.91 Å². The molecule has 1 aromatic carbocycles. The third kappa shape index (κ3) is 3.97. The molecular formula is C19H21N5O2. The zero-order valence-electron chi connectivity index (χ0n) is 14.7. The summed E-state index contributed by atoms with van der Waals surface area (Å²) in [4.78, 5) is 28.9. The zero-order chi connectivity index (χ0) is 18.6. The van der Waals surface area contributed by atoms with Crippen molar-refractivity contribution < 1.29 is 4.79 Å². The number of amides is 1. The van der Waals surface area contributed by atoms with Gasteiger partial charge in [0.15, 0.2) is 5.66 Å². The second-order valence-electron chi connectivity index (χ2n) is 6.45. The summed E-state index contributed by atoms with van der Waals surface area (Å²) in [7, 11) is 0. The second-order valence-corrected chi connectivity index (χ2v) is 6.45. The van der Waals surface area contributed by atoms with E-state index in [9.17, 15) is 9.59 Å². The van der Waals surface area contributed by atoms with Crippen LogP contribution in [0.25, 0.3) is 10.9 Å². The molecule has 7 heteroatoms. The Hall–Kier alpha value is -3.01. The Morgan fingerprint density at radius 1 is 1.35 bits per heavy atom. The molecule has 1 aliphatic rings. The van der Waals surface area contributed by atoms with E-state index in [0.29, 0.717) is 36.8 Å². The number of benzene rings is 1. The standard InChI is InChI=1S/C19H21N5O2/c1-3-4-9-19(22-23-19)10-11-20-16(25)8-12-24-13-21-17-14(2)6-5-7-15(17)18(24)26/h1,5-7,13H,4,8-12H2,2H3,(H,20,25). The van der Waals surface area contributed by atoms with E-state index in [2.05, 4.69) is 26.4 Å². The topological polar surface area (TPSA) is 88.7 Å². The van der Waals surface area contributed by atoms with E-state index in [0.717, 1.165) is 12.0 Å². The van der Waals surface area contributed by atoms with Gasteiger partial charge in [-0.25, -0.2) is 4.98 Å². The summed E-state index contributed by atoms with van der Waals surface area (Å²) in [5.74, 6) is 2.46. The van der Waals surface area contributed by atoms with Crippen molar-refractivity contribution in [3.8, 4) is 12.3 Å². The van der Waals surface area contributed by atoms with Crippen LogP contribution < -0.4 is 10.9 Å². The van der Waals surface area contributed by atoms with Gasteiger partial charge in [0.25, 0.3) is 5.56 Å². The molecule has 0 saturated heterocycles. The van der Waals surface area contributed by atoms with Gasteiger partial charge in [0, 0.05) is 38.8 Å². The monoisotopic (exact) mass is 351 g/mol. The van der Waals surface area contributed by atoms with Gasteiger partial charge in [0.05, 0.1) is 17.2 Å². The highest BCUT2D eigenvalue weighted by Gasteiger charge is 2.38. The predicted molar refractivity (Wildman–Crippen MR) is 98.6 cm³/mol. The summed E-state index contributed by atoms with van der Waals surface area (Å²) in [5.41, 5.74) is 1.14. The number of hydrogen-bond donors (Lipinski definition) is 1. The molecule has 3 rings (SSSR count). The van der Waals surface area contributed by atoms with E-state index < -0.39 is 5.66 Å². The number of hydrogen-bond acceptors (Lipinski definition) is 5. The number of para-hydroxylation sites is 1. The van der Waals surface area contributed by atoms with E-state index in [-0.39, 0.29) is 17.9 Å². The molecule has 7 nitrogen and oxygen atoms in total. The number of nitrogens with one attached hydrogen (secondary N) is 1. The molecule has 26 heavy (non-hydrogen) atoms. The molecule has 1 N–H and O–H groups in total. The highest BCUT2D eigenvalue weighted by molar-refractivity contribution is 5.80. The van der Waals surface area contributed by atoms with Gasteiger partial charge in [0.1, 0.15) is 0 Å². The highest BCUT2D eigenvalue weighted by Crippen LogP contribution is 2.35. The molecule has 0 saturated carbocycles. The first-order chi connectivity index (χ1) is 12.5. The van der Waals surface area contributed by atoms with Crippen molar-refractivity contribution in [3.63, 3.8) is 0 Å². The lowest BCUT2D eigenvalue weighted by Crippen LogP contribution is -2.30. The lowest BCUT2D eigenvalue weighted by Gasteiger charge is -2.10. The maximum Gasteiger partial charge on any atom is 0.261 e. The first-order valence-corrected chi connectivity index (χ1v) is 8.64. The van der Waals surface area contributed by atoms with Gasteiger partial charge in [-0.15, -0.1) is 12.3 Å². The van der Waals surface area contributed by atoms with Gasteiger partial charge in [-0.2, -0.15) is 10.2 Å². The van der Waals surface area contributed by atoms with E-state index in [1.807, 2.05) is 19.1 Å². The maximum atomic E-state index is 12.5. The summed E-state index contributed by atoms with van der Waals surface area (Å²) in [6.07, 6.45) is 8.96. The Morgan fingerprint density at radius 3 is 2.88 bits per heavy atom. The highest BCUT2D eigenvalue weighted by atomic mass is 16.1. The van der Waals surface area contributed by atoms with Crippen LogP contribution in [0, 0.1) is 19.3 Å². The molecule has 0 bridgehead atoms. The maximum absolute atomic E-state index is 12.5. The number of fused-ring (bicyclic) bond motifs is 1. The van der Waals surface area contributed by atoms with Crippen molar-refractivity contribution in [1.29, 1.82) is 0 Å². The first kappa shape index (κ1) is 17.8. The Morgan fingerprint density at radius 2 is 2.15 bits per heavy atom. The summed E-state index contributed by atoms with van der Waals surface area (Å²) < 4.78 is 1.47. The van der Waals surface area contributed by atoms with E-state index >= 15 is 0 Å². The Labute approximate surface area is 151 Å². The molecule has 1 amide bonds. The fourth-order valence-corrected chi connectivity index (χ4v) is 2.88. The number of carbonyl (C=O) groups is 1. The van der Waals surface area contributed by atoms with Crippen LogP contribution in [0.5, 0.6) is 0 Å². The van der Waals surface area contributed by atoms with Gasteiger partial charge in [-0.05, 0) is 18.6 Å². The molecule has 0 fully saturated rings. The van der Waals surface area contributed by atoms with E-state index in [4.69, 9.17) is 6.42 Å². The number of aromatic nitrogens is 2. The third-order valence-electron chi connectivity index (χ3n) is 4.54. The SMILES string of the molecule is C#CCCC1(CCNC(=O)CCn2cnc3c(C)cccc3c2=O)N=N1. The van der Waals surface area contributed by atoms with Crippen LogP contribution in [-0.2, 0) is 11.3 Å². The molecule has 0 unspecified atom stereocenters. The zero-order valence-corrected chi connectivity index (χ0v) is 14.7. The van der Waals surface area contributed by atoms with Crippen LogP contribution in [0.15, 0.2) is 39.5 Å². The van der Waals surface area contributed by atoms with Crippen LogP contribution >= 0.6 is 0 Å². The lowest BCUT2D eigenvalue weighted by molar-refractivity contribution is -0.121. The quantitative estimate of drug-likeness (QED) is 0.739. The molecule has 0 spiro atoms. The molecule has 134 valence electrons. The second kappa shape index (κ2) is 7.48. The van der Waals surface area contributed by atoms with Crippen molar-refractivity contribution >= 4 is 16.8 Å². The van der Waals surface area contributed by atoms with Crippen molar-refractivity contribution in [2.45, 2.75) is 44.8 Å². The molecule has 0 aliphatic carbocycles. The lowest BCUT2D eigenvalue weighted by atomic mass is 10.0. The summed E-state index contributed by atoms with van der Waals surface area (Å²) in [6.45, 7) is 2.69. The first-order valence-electron chi connectivity index (χ1n) is 8.64. The fraction of sp³-hybridized carbons (Fsp3) is 0.421.